The fourth-order valence-corrected chi connectivity index (χ4v) is 3.82. The summed E-state index contributed by atoms with van der Waals surface area (Å²) >= 11 is 0. The van der Waals surface area contributed by atoms with Crippen LogP contribution in [0, 0.1) is 5.82 Å². The highest BCUT2D eigenvalue weighted by Crippen LogP contribution is 2.30. The van der Waals surface area contributed by atoms with Gasteiger partial charge in [0, 0.05) is 28.6 Å². The number of rotatable bonds is 5. The molecule has 4 aromatic carbocycles. The van der Waals surface area contributed by atoms with Crippen LogP contribution in [0.25, 0.3) is 32.9 Å². The predicted octanol–water partition coefficient (Wildman–Crippen LogP) is 5.46. The summed E-state index contributed by atoms with van der Waals surface area (Å²) in [6.07, 6.45) is 0. The van der Waals surface area contributed by atoms with Crippen molar-refractivity contribution in [3.05, 3.63) is 95.8 Å². The molecule has 0 spiro atoms. The van der Waals surface area contributed by atoms with Gasteiger partial charge in [-0.15, -0.1) is 0 Å². The molecule has 32 heavy (non-hydrogen) atoms. The smallest absolute Gasteiger partial charge is 0.251 e. The van der Waals surface area contributed by atoms with Gasteiger partial charge in [0.25, 0.3) is 5.91 Å². The summed E-state index contributed by atoms with van der Waals surface area (Å²) in [7, 11) is 1.54. The zero-order valence-electron chi connectivity index (χ0n) is 17.4. The fourth-order valence-electron chi connectivity index (χ4n) is 3.82. The van der Waals surface area contributed by atoms with Gasteiger partial charge in [0.05, 0.1) is 18.3 Å². The van der Waals surface area contributed by atoms with Crippen molar-refractivity contribution >= 4 is 27.6 Å². The molecule has 0 saturated heterocycles. The van der Waals surface area contributed by atoms with Crippen molar-refractivity contribution in [2.75, 3.05) is 7.11 Å². The summed E-state index contributed by atoms with van der Waals surface area (Å²) in [6.45, 7) is 0.0557. The van der Waals surface area contributed by atoms with E-state index in [0.717, 1.165) is 27.4 Å². The lowest BCUT2D eigenvalue weighted by atomic mass is 10.0. The van der Waals surface area contributed by atoms with Gasteiger partial charge in [0.2, 0.25) is 0 Å². The minimum Gasteiger partial charge on any atom is -0.497 e. The van der Waals surface area contributed by atoms with Crippen molar-refractivity contribution in [1.82, 2.24) is 15.5 Å². The van der Waals surface area contributed by atoms with Gasteiger partial charge in [-0.1, -0.05) is 42.5 Å². The Morgan fingerprint density at radius 3 is 2.69 bits per heavy atom. The number of fused-ring (bicyclic) bond motifs is 2. The molecule has 0 unspecified atom stereocenters. The van der Waals surface area contributed by atoms with Gasteiger partial charge in [-0.3, -0.25) is 9.89 Å². The number of H-pyrrole nitrogens is 1. The Morgan fingerprint density at radius 1 is 1.00 bits per heavy atom. The molecular formula is C26H20FN3O2. The third-order valence-electron chi connectivity index (χ3n) is 5.52. The molecule has 0 saturated carbocycles. The van der Waals surface area contributed by atoms with Crippen LogP contribution in [-0.4, -0.2) is 23.2 Å². The second-order valence-electron chi connectivity index (χ2n) is 7.54. The highest BCUT2D eigenvalue weighted by molar-refractivity contribution is 5.97. The summed E-state index contributed by atoms with van der Waals surface area (Å²) in [5.74, 6) is -0.119. The van der Waals surface area contributed by atoms with Crippen LogP contribution in [0.15, 0.2) is 78.9 Å². The van der Waals surface area contributed by atoms with Crippen LogP contribution >= 0.6 is 0 Å². The number of aromatic amines is 1. The summed E-state index contributed by atoms with van der Waals surface area (Å²) in [5, 5.41) is 13.2. The third kappa shape index (κ3) is 3.67. The first-order valence-electron chi connectivity index (χ1n) is 10.2. The lowest BCUT2D eigenvalue weighted by Gasteiger charge is -2.08. The number of aromatic nitrogens is 2. The van der Waals surface area contributed by atoms with E-state index in [1.807, 2.05) is 30.3 Å². The normalized spacial score (nSPS) is 11.1. The Morgan fingerprint density at radius 2 is 1.84 bits per heavy atom. The Labute approximate surface area is 183 Å². The van der Waals surface area contributed by atoms with E-state index >= 15 is 0 Å². The van der Waals surface area contributed by atoms with Crippen molar-refractivity contribution in [1.29, 1.82) is 0 Å². The van der Waals surface area contributed by atoms with Crippen molar-refractivity contribution in [3.8, 4) is 17.0 Å². The van der Waals surface area contributed by atoms with Crippen molar-refractivity contribution in [2.24, 2.45) is 0 Å². The maximum Gasteiger partial charge on any atom is 0.251 e. The van der Waals surface area contributed by atoms with Gasteiger partial charge >= 0.3 is 0 Å². The number of halogens is 1. The summed E-state index contributed by atoms with van der Waals surface area (Å²) in [5.41, 5.74) is 3.12. The van der Waals surface area contributed by atoms with E-state index in [1.165, 1.54) is 6.07 Å². The second-order valence-corrected chi connectivity index (χ2v) is 7.54. The number of ether oxygens (including phenoxy) is 1. The molecule has 1 amide bonds. The molecular weight excluding hydrogens is 405 g/mol. The quantitative estimate of drug-likeness (QED) is 0.393. The van der Waals surface area contributed by atoms with Crippen LogP contribution in [-0.2, 0) is 6.54 Å². The second kappa shape index (κ2) is 8.15. The van der Waals surface area contributed by atoms with Crippen LogP contribution in [0.1, 0.15) is 15.9 Å². The van der Waals surface area contributed by atoms with Gasteiger partial charge in [-0.2, -0.15) is 5.10 Å². The van der Waals surface area contributed by atoms with Crippen LogP contribution in [0.5, 0.6) is 5.75 Å². The minimum absolute atomic E-state index is 0.0557. The Bertz CT molecular complexity index is 1460. The number of carbonyl (C=O) groups is 1. The molecule has 0 atom stereocenters. The van der Waals surface area contributed by atoms with Crippen LogP contribution in [0.2, 0.25) is 0 Å². The third-order valence-corrected chi connectivity index (χ3v) is 5.52. The average molecular weight is 425 g/mol. The van der Waals surface area contributed by atoms with Gasteiger partial charge in [0.1, 0.15) is 11.6 Å². The van der Waals surface area contributed by atoms with Crippen LogP contribution in [0.4, 0.5) is 4.39 Å². The van der Waals surface area contributed by atoms with Crippen LogP contribution in [0.3, 0.4) is 0 Å². The van der Waals surface area contributed by atoms with Gasteiger partial charge in [-0.05, 0) is 47.2 Å². The van der Waals surface area contributed by atoms with Gasteiger partial charge in [-0.25, -0.2) is 4.39 Å². The molecule has 1 heterocycles. The Balaban J connectivity index is 1.45. The molecule has 0 radical (unpaired) electrons. The zero-order valence-corrected chi connectivity index (χ0v) is 17.4. The molecule has 0 aliphatic heterocycles. The van der Waals surface area contributed by atoms with Gasteiger partial charge < -0.3 is 10.1 Å². The molecule has 5 nitrogen and oxygen atoms in total. The topological polar surface area (TPSA) is 67.0 Å². The largest absolute Gasteiger partial charge is 0.497 e. The van der Waals surface area contributed by atoms with Crippen molar-refractivity contribution in [2.45, 2.75) is 6.54 Å². The first kappa shape index (κ1) is 19.8. The number of benzene rings is 4. The van der Waals surface area contributed by atoms with Gasteiger partial charge in [0.15, 0.2) is 0 Å². The number of hydrogen-bond acceptors (Lipinski definition) is 3. The first-order valence-corrected chi connectivity index (χ1v) is 10.2. The average Bonchev–Trinajstić information content (AvgIpc) is 3.24. The number of methoxy groups -OCH3 is 1. The van der Waals surface area contributed by atoms with E-state index in [2.05, 4.69) is 27.6 Å². The SMILES string of the molecule is COc1cccc(C(=O)NCc2cc3c(-c4ccc5ccccc5c4)n[nH]c3cc2F)c1. The first-order chi connectivity index (χ1) is 15.6. The number of carbonyl (C=O) groups excluding carboxylic acids is 1. The van der Waals surface area contributed by atoms with E-state index in [0.29, 0.717) is 22.4 Å². The maximum absolute atomic E-state index is 14.7. The number of nitrogens with zero attached hydrogens (tertiary/aromatic N) is 1. The number of hydrogen-bond donors (Lipinski definition) is 2. The lowest BCUT2D eigenvalue weighted by molar-refractivity contribution is 0.0950. The minimum atomic E-state index is -0.405. The van der Waals surface area contributed by atoms with E-state index in [1.54, 1.807) is 37.4 Å². The molecule has 0 aliphatic carbocycles. The van der Waals surface area contributed by atoms with E-state index in [4.69, 9.17) is 4.74 Å². The summed E-state index contributed by atoms with van der Waals surface area (Å²) in [4.78, 5) is 12.5. The van der Waals surface area contributed by atoms with Crippen LogP contribution < -0.4 is 10.1 Å². The number of amides is 1. The zero-order chi connectivity index (χ0) is 22.1. The molecule has 6 heteroatoms. The van der Waals surface area contributed by atoms with E-state index in [-0.39, 0.29) is 12.5 Å². The molecule has 1 aromatic heterocycles. The monoisotopic (exact) mass is 425 g/mol. The standard InChI is InChI=1S/C26H20FN3O2/c1-32-21-8-4-7-19(12-21)26(31)28-15-20-13-22-24(14-23(20)27)29-30-25(22)18-10-9-16-5-2-3-6-17(16)11-18/h2-14H,15H2,1H3,(H,28,31)(H,29,30). The molecule has 0 bridgehead atoms. The molecule has 158 valence electrons. The molecule has 2 N–H and O–H groups in total. The Hall–Kier alpha value is -4.19. The molecule has 5 rings (SSSR count). The van der Waals surface area contributed by atoms with Crippen molar-refractivity contribution in [3.63, 3.8) is 0 Å². The highest BCUT2D eigenvalue weighted by atomic mass is 19.1. The predicted molar refractivity (Wildman–Crippen MR) is 123 cm³/mol. The summed E-state index contributed by atoms with van der Waals surface area (Å²) in [6, 6.07) is 24.2. The highest BCUT2D eigenvalue weighted by Gasteiger charge is 2.14. The molecule has 0 fully saturated rings. The maximum atomic E-state index is 14.7. The number of nitrogens with one attached hydrogen (secondary N) is 2. The fraction of sp³-hybridized carbons (Fsp3) is 0.0769. The van der Waals surface area contributed by atoms with Crippen molar-refractivity contribution < 1.29 is 13.9 Å². The Kier molecular flexibility index (Phi) is 5.03. The molecule has 0 aliphatic rings. The van der Waals surface area contributed by atoms with E-state index in [9.17, 15) is 9.18 Å². The lowest BCUT2D eigenvalue weighted by Crippen LogP contribution is -2.23. The van der Waals surface area contributed by atoms with E-state index < -0.39 is 5.82 Å². The molecule has 5 aromatic rings. The summed E-state index contributed by atoms with van der Waals surface area (Å²) < 4.78 is 19.8.